The number of carbonyl (C=O) groups is 2. The van der Waals surface area contributed by atoms with Crippen molar-refractivity contribution in [1.82, 2.24) is 4.57 Å². The van der Waals surface area contributed by atoms with Crippen molar-refractivity contribution >= 4 is 23.4 Å². The van der Waals surface area contributed by atoms with E-state index in [1.807, 2.05) is 18.4 Å². The summed E-state index contributed by atoms with van der Waals surface area (Å²) in [5, 5.41) is 0.365. The zero-order valence-corrected chi connectivity index (χ0v) is 18.8. The number of hydrogen-bond acceptors (Lipinski definition) is 6. The normalized spacial score (nSPS) is 14.8. The van der Waals surface area contributed by atoms with Crippen LogP contribution in [0.3, 0.4) is 0 Å². The molecule has 0 radical (unpaired) electrons. The highest BCUT2D eigenvalue weighted by Crippen LogP contribution is 2.42. The van der Waals surface area contributed by atoms with Gasteiger partial charge in [0.1, 0.15) is 29.5 Å². The Hall–Kier alpha value is -2.80. The minimum absolute atomic E-state index is 0.0307. The van der Waals surface area contributed by atoms with Gasteiger partial charge in [0.2, 0.25) is 0 Å². The average Bonchev–Trinajstić information content (AvgIpc) is 2.86. The molecule has 7 nitrogen and oxygen atoms in total. The molecule has 166 valence electrons. The quantitative estimate of drug-likeness (QED) is 0.465. The Labute approximate surface area is 185 Å². The number of aromatic nitrogens is 1. The summed E-state index contributed by atoms with van der Waals surface area (Å²) in [6, 6.07) is 4.70. The van der Waals surface area contributed by atoms with Crippen LogP contribution in [-0.4, -0.2) is 36.6 Å². The summed E-state index contributed by atoms with van der Waals surface area (Å²) in [5.41, 5.74) is 0.776. The second-order valence-corrected chi connectivity index (χ2v) is 8.30. The van der Waals surface area contributed by atoms with E-state index in [9.17, 15) is 14.4 Å². The van der Waals surface area contributed by atoms with E-state index in [1.165, 1.54) is 19.4 Å². The SMILES string of the molecule is COC(=O)c1cn2c(cc1=O)-c1cc(Cl)c(OCCCC(C)=O)cc1OC[C@H]2C(C)C. The van der Waals surface area contributed by atoms with Crippen LogP contribution in [0.5, 0.6) is 11.5 Å². The average molecular weight is 448 g/mol. The zero-order valence-electron chi connectivity index (χ0n) is 18.1. The summed E-state index contributed by atoms with van der Waals surface area (Å²) in [5.74, 6) is 0.576. The van der Waals surface area contributed by atoms with Crippen LogP contribution in [0.1, 0.15) is 50.0 Å². The molecule has 3 rings (SSSR count). The van der Waals surface area contributed by atoms with Gasteiger partial charge in [-0.25, -0.2) is 4.79 Å². The van der Waals surface area contributed by atoms with E-state index in [0.717, 1.165) is 0 Å². The van der Waals surface area contributed by atoms with E-state index >= 15 is 0 Å². The van der Waals surface area contributed by atoms with Gasteiger partial charge in [-0.3, -0.25) is 4.79 Å². The molecule has 2 heterocycles. The van der Waals surface area contributed by atoms with Gasteiger partial charge in [-0.05, 0) is 25.3 Å². The number of nitrogens with zero attached hydrogens (tertiary/aromatic N) is 1. The smallest absolute Gasteiger partial charge is 0.343 e. The van der Waals surface area contributed by atoms with Gasteiger partial charge in [0.25, 0.3) is 0 Å². The minimum Gasteiger partial charge on any atom is -0.492 e. The number of carbonyl (C=O) groups excluding carboxylic acids is 2. The van der Waals surface area contributed by atoms with Crippen molar-refractivity contribution in [1.29, 1.82) is 0 Å². The fourth-order valence-electron chi connectivity index (χ4n) is 3.54. The predicted octanol–water partition coefficient (Wildman–Crippen LogP) is 4.29. The van der Waals surface area contributed by atoms with Gasteiger partial charge >= 0.3 is 5.97 Å². The molecule has 0 bridgehead atoms. The van der Waals surface area contributed by atoms with Crippen molar-refractivity contribution < 1.29 is 23.8 Å². The fraction of sp³-hybridized carbons (Fsp3) is 0.435. The number of fused-ring (bicyclic) bond motifs is 3. The lowest BCUT2D eigenvalue weighted by atomic mass is 10.0. The first-order chi connectivity index (χ1) is 14.7. The standard InChI is InChI=1S/C23H26ClNO6/c1-13(2)19-12-31-21-10-22(30-7-5-6-14(3)26)17(24)8-15(21)18-9-20(27)16(11-25(18)19)23(28)29-4/h8-11,13,19H,5-7,12H2,1-4H3/t19-/m0/s1. The maximum Gasteiger partial charge on any atom is 0.343 e. The molecule has 1 aliphatic rings. The van der Waals surface area contributed by atoms with E-state index in [2.05, 4.69) is 0 Å². The zero-order chi connectivity index (χ0) is 22.7. The number of Topliss-reactive ketones (excluding diaryl/α,β-unsaturated/α-hetero) is 1. The molecule has 1 atom stereocenters. The third-order valence-electron chi connectivity index (χ3n) is 5.26. The number of pyridine rings is 1. The summed E-state index contributed by atoms with van der Waals surface area (Å²) in [7, 11) is 1.24. The summed E-state index contributed by atoms with van der Waals surface area (Å²) in [6.45, 7) is 6.32. The van der Waals surface area contributed by atoms with Crippen molar-refractivity contribution in [3.05, 3.63) is 45.2 Å². The van der Waals surface area contributed by atoms with Crippen LogP contribution in [0.15, 0.2) is 29.2 Å². The second kappa shape index (κ2) is 9.56. The largest absolute Gasteiger partial charge is 0.492 e. The van der Waals surface area contributed by atoms with Gasteiger partial charge in [0, 0.05) is 30.3 Å². The van der Waals surface area contributed by atoms with Gasteiger partial charge in [0.05, 0.1) is 30.5 Å². The van der Waals surface area contributed by atoms with Crippen LogP contribution >= 0.6 is 11.6 Å². The van der Waals surface area contributed by atoms with Crippen LogP contribution < -0.4 is 14.9 Å². The Morgan fingerprint density at radius 2 is 2.03 bits per heavy atom. The maximum absolute atomic E-state index is 12.6. The van der Waals surface area contributed by atoms with Gasteiger partial charge < -0.3 is 23.6 Å². The van der Waals surface area contributed by atoms with Crippen molar-refractivity contribution in [3.63, 3.8) is 0 Å². The summed E-state index contributed by atoms with van der Waals surface area (Å²) in [6.07, 6.45) is 2.56. The third-order valence-corrected chi connectivity index (χ3v) is 5.56. The molecule has 0 saturated heterocycles. The molecule has 31 heavy (non-hydrogen) atoms. The van der Waals surface area contributed by atoms with Crippen LogP contribution in [0.2, 0.25) is 5.02 Å². The monoisotopic (exact) mass is 447 g/mol. The molecule has 8 heteroatoms. The highest BCUT2D eigenvalue weighted by atomic mass is 35.5. The predicted molar refractivity (Wildman–Crippen MR) is 117 cm³/mol. The summed E-state index contributed by atoms with van der Waals surface area (Å²) < 4.78 is 18.5. The molecule has 0 aliphatic carbocycles. The molecule has 0 unspecified atom stereocenters. The molecule has 0 amide bonds. The molecule has 2 aromatic rings. The molecule has 1 aromatic carbocycles. The number of esters is 1. The molecule has 0 saturated carbocycles. The van der Waals surface area contributed by atoms with Crippen molar-refractivity contribution in [2.45, 2.75) is 39.7 Å². The van der Waals surface area contributed by atoms with E-state index in [0.29, 0.717) is 53.8 Å². The van der Waals surface area contributed by atoms with Crippen LogP contribution in [0.4, 0.5) is 0 Å². The lowest BCUT2D eigenvalue weighted by Crippen LogP contribution is -2.26. The van der Waals surface area contributed by atoms with Crippen LogP contribution in [0.25, 0.3) is 11.3 Å². The van der Waals surface area contributed by atoms with Gasteiger partial charge in [-0.2, -0.15) is 0 Å². The molecule has 0 fully saturated rings. The molecular formula is C23H26ClNO6. The third kappa shape index (κ3) is 4.93. The van der Waals surface area contributed by atoms with Crippen LogP contribution in [-0.2, 0) is 9.53 Å². The van der Waals surface area contributed by atoms with Gasteiger partial charge in [-0.15, -0.1) is 0 Å². The Kier molecular flexibility index (Phi) is 7.05. The minimum atomic E-state index is -0.680. The van der Waals surface area contributed by atoms with E-state index in [4.69, 9.17) is 25.8 Å². The second-order valence-electron chi connectivity index (χ2n) is 7.89. The summed E-state index contributed by atoms with van der Waals surface area (Å²) in [4.78, 5) is 35.8. The number of methoxy groups -OCH3 is 1. The maximum atomic E-state index is 12.6. The Morgan fingerprint density at radius 1 is 1.29 bits per heavy atom. The lowest BCUT2D eigenvalue weighted by molar-refractivity contribution is -0.117. The molecule has 1 aromatic heterocycles. The highest BCUT2D eigenvalue weighted by Gasteiger charge is 2.28. The Morgan fingerprint density at radius 3 is 2.68 bits per heavy atom. The Balaban J connectivity index is 2.06. The first-order valence-electron chi connectivity index (χ1n) is 10.2. The number of ketones is 1. The molecule has 0 spiro atoms. The number of halogens is 1. The first kappa shape index (κ1) is 22.9. The van der Waals surface area contributed by atoms with Crippen LogP contribution in [0, 0.1) is 5.92 Å². The number of rotatable bonds is 7. The van der Waals surface area contributed by atoms with Gasteiger partial charge in [-0.1, -0.05) is 25.4 Å². The van der Waals surface area contributed by atoms with Crippen molar-refractivity contribution in [3.8, 4) is 22.8 Å². The molecule has 0 N–H and O–H groups in total. The molecular weight excluding hydrogens is 422 g/mol. The fourth-order valence-corrected chi connectivity index (χ4v) is 3.76. The lowest BCUT2D eigenvalue weighted by Gasteiger charge is -2.24. The van der Waals surface area contributed by atoms with Gasteiger partial charge in [0.15, 0.2) is 5.43 Å². The van der Waals surface area contributed by atoms with E-state index in [-0.39, 0.29) is 23.3 Å². The highest BCUT2D eigenvalue weighted by molar-refractivity contribution is 6.32. The number of benzene rings is 1. The van der Waals surface area contributed by atoms with Crippen molar-refractivity contribution in [2.24, 2.45) is 5.92 Å². The number of hydrogen-bond donors (Lipinski definition) is 0. The topological polar surface area (TPSA) is 83.8 Å². The van der Waals surface area contributed by atoms with E-state index < -0.39 is 11.4 Å². The summed E-state index contributed by atoms with van der Waals surface area (Å²) >= 11 is 6.46. The molecule has 1 aliphatic heterocycles. The Bertz CT molecular complexity index is 1060. The number of ether oxygens (including phenoxy) is 3. The first-order valence-corrected chi connectivity index (χ1v) is 10.5. The van der Waals surface area contributed by atoms with Crippen molar-refractivity contribution in [2.75, 3.05) is 20.3 Å². The van der Waals surface area contributed by atoms with E-state index in [1.54, 1.807) is 19.1 Å².